The van der Waals surface area contributed by atoms with Crippen molar-refractivity contribution in [3.8, 4) is 11.5 Å². The number of thiocarbonyl (C=S) groups is 1. The fourth-order valence-corrected chi connectivity index (χ4v) is 2.67. The number of hydrogen-bond acceptors (Lipinski definition) is 4. The Labute approximate surface area is 154 Å². The molecule has 1 aliphatic heterocycles. The predicted octanol–water partition coefficient (Wildman–Crippen LogP) is 3.60. The molecule has 0 saturated carbocycles. The molecule has 2 N–H and O–H groups in total. The molecule has 0 amide bonds. The zero-order valence-electron chi connectivity index (χ0n) is 13.3. The van der Waals surface area contributed by atoms with Crippen molar-refractivity contribution >= 4 is 34.6 Å². The van der Waals surface area contributed by atoms with Gasteiger partial charge in [0.2, 0.25) is 6.79 Å². The molecule has 0 spiro atoms. The van der Waals surface area contributed by atoms with Crippen molar-refractivity contribution in [1.82, 2.24) is 10.7 Å². The van der Waals surface area contributed by atoms with E-state index in [0.717, 1.165) is 17.1 Å². The van der Waals surface area contributed by atoms with Crippen LogP contribution in [0.4, 0.5) is 4.39 Å². The molecule has 0 bridgehead atoms. The van der Waals surface area contributed by atoms with Crippen LogP contribution in [-0.2, 0) is 6.54 Å². The van der Waals surface area contributed by atoms with Crippen molar-refractivity contribution in [2.24, 2.45) is 5.10 Å². The van der Waals surface area contributed by atoms with Crippen molar-refractivity contribution in [3.05, 3.63) is 58.4 Å². The number of hydrogen-bond donors (Lipinski definition) is 2. The molecule has 0 aliphatic carbocycles. The van der Waals surface area contributed by atoms with E-state index in [-0.39, 0.29) is 6.79 Å². The van der Waals surface area contributed by atoms with Crippen LogP contribution in [0.5, 0.6) is 11.5 Å². The standard InChI is InChI=1S/C17H15ClFN3O2S/c1-10(13-4-3-12(19)7-14(13)18)21-22-17(25)20-8-11-2-5-15-16(6-11)24-9-23-15/h2-7H,8-9H2,1H3,(H2,20,22,25)/b21-10-. The van der Waals surface area contributed by atoms with Gasteiger partial charge in [-0.25, -0.2) is 4.39 Å². The maximum atomic E-state index is 13.1. The minimum atomic E-state index is -0.393. The number of nitrogens with one attached hydrogen (secondary N) is 2. The third-order valence-electron chi connectivity index (χ3n) is 3.54. The monoisotopic (exact) mass is 379 g/mol. The predicted molar refractivity (Wildman–Crippen MR) is 98.8 cm³/mol. The molecule has 0 unspecified atom stereocenters. The molecule has 0 aromatic heterocycles. The molecular weight excluding hydrogens is 365 g/mol. The summed E-state index contributed by atoms with van der Waals surface area (Å²) in [5.74, 6) is 1.06. The summed E-state index contributed by atoms with van der Waals surface area (Å²) < 4.78 is 23.7. The minimum absolute atomic E-state index is 0.242. The van der Waals surface area contributed by atoms with Gasteiger partial charge in [0, 0.05) is 12.1 Å². The SMILES string of the molecule is C/C(=N/NC(=S)NCc1ccc2c(c1)OCO2)c1ccc(F)cc1Cl. The van der Waals surface area contributed by atoms with E-state index >= 15 is 0 Å². The van der Waals surface area contributed by atoms with E-state index in [0.29, 0.717) is 28.0 Å². The lowest BCUT2D eigenvalue weighted by molar-refractivity contribution is 0.174. The lowest BCUT2D eigenvalue weighted by Gasteiger charge is -2.09. The molecule has 0 fully saturated rings. The fraction of sp³-hybridized carbons (Fsp3) is 0.176. The first-order valence-corrected chi connectivity index (χ1v) is 8.23. The summed E-state index contributed by atoms with van der Waals surface area (Å²) in [6.07, 6.45) is 0. The molecule has 2 aromatic rings. The quantitative estimate of drug-likeness (QED) is 0.483. The number of benzene rings is 2. The van der Waals surface area contributed by atoms with E-state index in [2.05, 4.69) is 15.8 Å². The first kappa shape index (κ1) is 17.4. The van der Waals surface area contributed by atoms with Crippen molar-refractivity contribution in [1.29, 1.82) is 0 Å². The topological polar surface area (TPSA) is 54.9 Å². The molecule has 130 valence electrons. The van der Waals surface area contributed by atoms with E-state index in [4.69, 9.17) is 33.3 Å². The fourth-order valence-electron chi connectivity index (χ4n) is 2.25. The Morgan fingerprint density at radius 1 is 1.24 bits per heavy atom. The lowest BCUT2D eigenvalue weighted by Crippen LogP contribution is -2.32. The van der Waals surface area contributed by atoms with Gasteiger partial charge in [-0.05, 0) is 55.0 Å². The molecule has 1 aliphatic rings. The second-order valence-corrected chi connectivity index (χ2v) is 6.12. The van der Waals surface area contributed by atoms with E-state index in [1.807, 2.05) is 18.2 Å². The Morgan fingerprint density at radius 2 is 2.04 bits per heavy atom. The molecule has 3 rings (SSSR count). The highest BCUT2D eigenvalue weighted by molar-refractivity contribution is 7.80. The Hall–Kier alpha value is -2.38. The van der Waals surface area contributed by atoms with Crippen molar-refractivity contribution < 1.29 is 13.9 Å². The molecule has 0 radical (unpaired) electrons. The number of halogens is 2. The van der Waals surface area contributed by atoms with Crippen molar-refractivity contribution in [3.63, 3.8) is 0 Å². The number of ether oxygens (including phenoxy) is 2. The highest BCUT2D eigenvalue weighted by Gasteiger charge is 2.13. The van der Waals surface area contributed by atoms with Gasteiger partial charge < -0.3 is 14.8 Å². The molecule has 0 atom stereocenters. The highest BCUT2D eigenvalue weighted by atomic mass is 35.5. The van der Waals surface area contributed by atoms with Crippen LogP contribution < -0.4 is 20.2 Å². The number of nitrogens with zero attached hydrogens (tertiary/aromatic N) is 1. The van der Waals surface area contributed by atoms with E-state index < -0.39 is 5.82 Å². The maximum absolute atomic E-state index is 13.1. The van der Waals surface area contributed by atoms with Gasteiger partial charge >= 0.3 is 0 Å². The summed E-state index contributed by atoms with van der Waals surface area (Å²) >= 11 is 11.2. The van der Waals surface area contributed by atoms with Crippen LogP contribution >= 0.6 is 23.8 Å². The average molecular weight is 380 g/mol. The van der Waals surface area contributed by atoms with Gasteiger partial charge in [-0.3, -0.25) is 5.43 Å². The lowest BCUT2D eigenvalue weighted by atomic mass is 10.1. The Bertz CT molecular complexity index is 845. The van der Waals surface area contributed by atoms with Gasteiger partial charge in [0.05, 0.1) is 10.7 Å². The van der Waals surface area contributed by atoms with E-state index in [9.17, 15) is 4.39 Å². The zero-order chi connectivity index (χ0) is 17.8. The third kappa shape index (κ3) is 4.37. The number of fused-ring (bicyclic) bond motifs is 1. The smallest absolute Gasteiger partial charge is 0.231 e. The average Bonchev–Trinajstić information content (AvgIpc) is 3.05. The summed E-state index contributed by atoms with van der Waals surface area (Å²) in [4.78, 5) is 0. The van der Waals surface area contributed by atoms with Gasteiger partial charge in [-0.15, -0.1) is 0 Å². The second-order valence-electron chi connectivity index (χ2n) is 5.30. The Morgan fingerprint density at radius 3 is 2.84 bits per heavy atom. The molecule has 25 heavy (non-hydrogen) atoms. The normalized spacial score (nSPS) is 12.8. The van der Waals surface area contributed by atoms with E-state index in [1.54, 1.807) is 13.0 Å². The van der Waals surface area contributed by atoms with Crippen molar-refractivity contribution in [2.75, 3.05) is 6.79 Å². The summed E-state index contributed by atoms with van der Waals surface area (Å²) in [6.45, 7) is 2.51. The number of hydrazone groups is 1. The van der Waals surface area contributed by atoms with Gasteiger partial charge in [0.15, 0.2) is 16.6 Å². The zero-order valence-corrected chi connectivity index (χ0v) is 14.9. The largest absolute Gasteiger partial charge is 0.454 e. The van der Waals surface area contributed by atoms with Crippen LogP contribution in [0.3, 0.4) is 0 Å². The molecule has 8 heteroatoms. The van der Waals surface area contributed by atoms with Crippen LogP contribution in [0.1, 0.15) is 18.1 Å². The molecule has 1 heterocycles. The van der Waals surface area contributed by atoms with Gasteiger partial charge in [0.1, 0.15) is 5.82 Å². The Balaban J connectivity index is 1.55. The summed E-state index contributed by atoms with van der Waals surface area (Å²) in [5.41, 5.74) is 4.97. The molecule has 2 aromatic carbocycles. The van der Waals surface area contributed by atoms with Gasteiger partial charge in [-0.2, -0.15) is 5.10 Å². The summed E-state index contributed by atoms with van der Waals surface area (Å²) in [7, 11) is 0. The van der Waals surface area contributed by atoms with Crippen LogP contribution in [0.25, 0.3) is 0 Å². The van der Waals surface area contributed by atoms with Crippen LogP contribution in [0.2, 0.25) is 5.02 Å². The van der Waals surface area contributed by atoms with Crippen molar-refractivity contribution in [2.45, 2.75) is 13.5 Å². The Kier molecular flexibility index (Phi) is 5.35. The highest BCUT2D eigenvalue weighted by Crippen LogP contribution is 2.32. The third-order valence-corrected chi connectivity index (χ3v) is 4.08. The first-order valence-electron chi connectivity index (χ1n) is 7.45. The first-order chi connectivity index (χ1) is 12.0. The van der Waals surface area contributed by atoms with E-state index in [1.165, 1.54) is 12.1 Å². The molecule has 5 nitrogen and oxygen atoms in total. The van der Waals surface area contributed by atoms with Gasteiger partial charge in [0.25, 0.3) is 0 Å². The maximum Gasteiger partial charge on any atom is 0.231 e. The molecular formula is C17H15ClFN3O2S. The summed E-state index contributed by atoms with van der Waals surface area (Å²) in [6, 6.07) is 9.82. The summed E-state index contributed by atoms with van der Waals surface area (Å²) in [5, 5.41) is 7.86. The second kappa shape index (κ2) is 7.67. The van der Waals surface area contributed by atoms with Gasteiger partial charge in [-0.1, -0.05) is 17.7 Å². The minimum Gasteiger partial charge on any atom is -0.454 e. The van der Waals surface area contributed by atoms with Crippen LogP contribution in [-0.4, -0.2) is 17.6 Å². The number of rotatable bonds is 4. The van der Waals surface area contributed by atoms with Crippen LogP contribution in [0, 0.1) is 5.82 Å². The molecule has 0 saturated heterocycles. The van der Waals surface area contributed by atoms with Crippen LogP contribution in [0.15, 0.2) is 41.5 Å².